The number of aromatic amines is 1. The van der Waals surface area contributed by atoms with E-state index in [1.807, 2.05) is 24.3 Å². The topological polar surface area (TPSA) is 90.0 Å². The standard InChI is InChI=1S/C18H19FN4O2/c19-13-6-2-1-5-12(13)16(24)11-21-18(25)20-10-9-17-22-14-7-3-4-8-15(14)23-17/h1-8,16,24H,9-11H2,(H,22,23)(H2,20,21,25). The number of H-pyrrole nitrogens is 1. The maximum atomic E-state index is 13.5. The molecule has 0 spiro atoms. The van der Waals surface area contributed by atoms with Crippen molar-refractivity contribution in [2.75, 3.05) is 13.1 Å². The first kappa shape index (κ1) is 16.9. The molecule has 0 saturated carbocycles. The molecule has 2 aromatic carbocycles. The lowest BCUT2D eigenvalue weighted by Crippen LogP contribution is -2.38. The number of fused-ring (bicyclic) bond motifs is 1. The average Bonchev–Trinajstić information content (AvgIpc) is 3.03. The highest BCUT2D eigenvalue weighted by Gasteiger charge is 2.13. The summed E-state index contributed by atoms with van der Waals surface area (Å²) in [5.41, 5.74) is 2.00. The molecule has 1 heterocycles. The zero-order chi connectivity index (χ0) is 17.6. The van der Waals surface area contributed by atoms with Gasteiger partial charge in [0.2, 0.25) is 0 Å². The number of para-hydroxylation sites is 2. The average molecular weight is 342 g/mol. The van der Waals surface area contributed by atoms with Crippen molar-refractivity contribution in [1.82, 2.24) is 20.6 Å². The summed E-state index contributed by atoms with van der Waals surface area (Å²) in [6, 6.07) is 13.2. The number of urea groups is 1. The maximum absolute atomic E-state index is 13.5. The minimum Gasteiger partial charge on any atom is -0.386 e. The van der Waals surface area contributed by atoms with Gasteiger partial charge in [0.15, 0.2) is 0 Å². The van der Waals surface area contributed by atoms with Crippen molar-refractivity contribution in [3.05, 3.63) is 65.7 Å². The van der Waals surface area contributed by atoms with Crippen LogP contribution in [0.25, 0.3) is 11.0 Å². The van der Waals surface area contributed by atoms with Gasteiger partial charge < -0.3 is 20.7 Å². The number of aliphatic hydroxyl groups is 1. The van der Waals surface area contributed by atoms with Crippen LogP contribution in [0, 0.1) is 5.82 Å². The Kier molecular flexibility index (Phi) is 5.25. The van der Waals surface area contributed by atoms with Crippen LogP contribution in [0.5, 0.6) is 0 Å². The van der Waals surface area contributed by atoms with Crippen molar-refractivity contribution >= 4 is 17.1 Å². The first-order chi connectivity index (χ1) is 12.1. The first-order valence-electron chi connectivity index (χ1n) is 8.01. The Balaban J connectivity index is 1.43. The molecule has 2 amide bonds. The highest BCUT2D eigenvalue weighted by atomic mass is 19.1. The molecule has 25 heavy (non-hydrogen) atoms. The van der Waals surface area contributed by atoms with Crippen molar-refractivity contribution in [2.45, 2.75) is 12.5 Å². The Morgan fingerprint density at radius 2 is 1.92 bits per heavy atom. The zero-order valence-corrected chi connectivity index (χ0v) is 13.5. The fraction of sp³-hybridized carbons (Fsp3) is 0.222. The number of benzene rings is 2. The van der Waals surface area contributed by atoms with Gasteiger partial charge >= 0.3 is 6.03 Å². The van der Waals surface area contributed by atoms with Crippen LogP contribution >= 0.6 is 0 Å². The van der Waals surface area contributed by atoms with Gasteiger partial charge in [0.25, 0.3) is 0 Å². The number of aromatic nitrogens is 2. The lowest BCUT2D eigenvalue weighted by Gasteiger charge is -2.13. The molecule has 3 rings (SSSR count). The number of hydrogen-bond donors (Lipinski definition) is 4. The third-order valence-corrected chi connectivity index (χ3v) is 3.81. The molecule has 0 aliphatic heterocycles. The molecule has 0 aliphatic rings. The molecule has 0 saturated heterocycles. The summed E-state index contributed by atoms with van der Waals surface area (Å²) in [6.07, 6.45) is -0.542. The molecule has 7 heteroatoms. The highest BCUT2D eigenvalue weighted by molar-refractivity contribution is 5.75. The second kappa shape index (κ2) is 7.76. The number of rotatable bonds is 6. The second-order valence-corrected chi connectivity index (χ2v) is 5.62. The van der Waals surface area contributed by atoms with Crippen LogP contribution in [0.15, 0.2) is 48.5 Å². The first-order valence-corrected chi connectivity index (χ1v) is 8.01. The largest absolute Gasteiger partial charge is 0.386 e. The fourth-order valence-corrected chi connectivity index (χ4v) is 2.53. The van der Waals surface area contributed by atoms with Crippen LogP contribution in [-0.4, -0.2) is 34.2 Å². The zero-order valence-electron chi connectivity index (χ0n) is 13.5. The molecular weight excluding hydrogens is 323 g/mol. The van der Waals surface area contributed by atoms with Gasteiger partial charge in [-0.3, -0.25) is 0 Å². The van der Waals surface area contributed by atoms with Crippen LogP contribution in [0.4, 0.5) is 9.18 Å². The van der Waals surface area contributed by atoms with Crippen LogP contribution in [0.1, 0.15) is 17.5 Å². The van der Waals surface area contributed by atoms with Gasteiger partial charge in [-0.2, -0.15) is 0 Å². The third kappa shape index (κ3) is 4.33. The summed E-state index contributed by atoms with van der Waals surface area (Å²) in [6.45, 7) is 0.318. The molecule has 1 aromatic heterocycles. The van der Waals surface area contributed by atoms with Gasteiger partial charge in [0.1, 0.15) is 11.6 Å². The number of imidazole rings is 1. The summed E-state index contributed by atoms with van der Waals surface area (Å²) >= 11 is 0. The van der Waals surface area contributed by atoms with Gasteiger partial charge in [0.05, 0.1) is 17.1 Å². The molecule has 0 fully saturated rings. The minimum absolute atomic E-state index is 0.0720. The Labute approximate surface area is 144 Å². The molecule has 4 N–H and O–H groups in total. The van der Waals surface area contributed by atoms with E-state index in [2.05, 4.69) is 20.6 Å². The minimum atomic E-state index is -1.10. The van der Waals surface area contributed by atoms with E-state index < -0.39 is 18.0 Å². The molecule has 3 aromatic rings. The monoisotopic (exact) mass is 342 g/mol. The SMILES string of the molecule is O=C(NCCc1nc2ccccc2[nH]1)NCC(O)c1ccccc1F. The molecule has 0 aliphatic carbocycles. The third-order valence-electron chi connectivity index (χ3n) is 3.81. The van der Waals surface area contributed by atoms with E-state index in [1.54, 1.807) is 12.1 Å². The van der Waals surface area contributed by atoms with E-state index in [9.17, 15) is 14.3 Å². The molecule has 1 atom stereocenters. The number of amides is 2. The van der Waals surface area contributed by atoms with Crippen molar-refractivity contribution in [2.24, 2.45) is 0 Å². The van der Waals surface area contributed by atoms with Gasteiger partial charge in [0, 0.05) is 25.1 Å². The highest BCUT2D eigenvalue weighted by Crippen LogP contribution is 2.15. The smallest absolute Gasteiger partial charge is 0.314 e. The van der Waals surface area contributed by atoms with Crippen LogP contribution in [0.2, 0.25) is 0 Å². The Bertz CT molecular complexity index is 832. The normalized spacial score (nSPS) is 12.1. The van der Waals surface area contributed by atoms with E-state index >= 15 is 0 Å². The quantitative estimate of drug-likeness (QED) is 0.554. The van der Waals surface area contributed by atoms with Crippen molar-refractivity contribution < 1.29 is 14.3 Å². The molecule has 1 unspecified atom stereocenters. The fourth-order valence-electron chi connectivity index (χ4n) is 2.53. The number of hydrogen-bond acceptors (Lipinski definition) is 3. The maximum Gasteiger partial charge on any atom is 0.314 e. The second-order valence-electron chi connectivity index (χ2n) is 5.62. The Morgan fingerprint density at radius 3 is 2.72 bits per heavy atom. The number of nitrogens with zero attached hydrogens (tertiary/aromatic N) is 1. The van der Waals surface area contributed by atoms with Gasteiger partial charge in [-0.25, -0.2) is 14.2 Å². The summed E-state index contributed by atoms with van der Waals surface area (Å²) in [4.78, 5) is 19.4. The van der Waals surface area contributed by atoms with E-state index in [-0.39, 0.29) is 12.1 Å². The van der Waals surface area contributed by atoms with Crippen LogP contribution in [-0.2, 0) is 6.42 Å². The van der Waals surface area contributed by atoms with E-state index in [1.165, 1.54) is 12.1 Å². The lowest BCUT2D eigenvalue weighted by molar-refractivity contribution is 0.169. The number of carbonyl (C=O) groups excluding carboxylic acids is 1. The molecule has 0 radical (unpaired) electrons. The van der Waals surface area contributed by atoms with Gasteiger partial charge in [-0.1, -0.05) is 30.3 Å². The van der Waals surface area contributed by atoms with Crippen molar-refractivity contribution in [3.8, 4) is 0 Å². The van der Waals surface area contributed by atoms with Gasteiger partial charge in [-0.15, -0.1) is 0 Å². The number of carbonyl (C=O) groups is 1. The molecule has 6 nitrogen and oxygen atoms in total. The number of aliphatic hydroxyl groups excluding tert-OH is 1. The summed E-state index contributed by atoms with van der Waals surface area (Å²) < 4.78 is 13.5. The van der Waals surface area contributed by atoms with Crippen LogP contribution in [0.3, 0.4) is 0 Å². The van der Waals surface area contributed by atoms with E-state index in [0.29, 0.717) is 13.0 Å². The number of nitrogens with one attached hydrogen (secondary N) is 3. The van der Waals surface area contributed by atoms with Crippen molar-refractivity contribution in [3.63, 3.8) is 0 Å². The van der Waals surface area contributed by atoms with Crippen LogP contribution < -0.4 is 10.6 Å². The predicted octanol–water partition coefficient (Wildman–Crippen LogP) is 2.28. The Hall–Kier alpha value is -2.93. The molecule has 130 valence electrons. The Morgan fingerprint density at radius 1 is 1.16 bits per heavy atom. The summed E-state index contributed by atoms with van der Waals surface area (Å²) in [5.74, 6) is 0.287. The van der Waals surface area contributed by atoms with Crippen molar-refractivity contribution in [1.29, 1.82) is 0 Å². The van der Waals surface area contributed by atoms with Gasteiger partial charge in [-0.05, 0) is 18.2 Å². The molecular formula is C18H19FN4O2. The predicted molar refractivity (Wildman–Crippen MR) is 92.6 cm³/mol. The van der Waals surface area contributed by atoms with E-state index in [0.717, 1.165) is 16.9 Å². The van der Waals surface area contributed by atoms with E-state index in [4.69, 9.17) is 0 Å². The summed E-state index contributed by atoms with van der Waals surface area (Å²) in [5, 5.41) is 15.1. The molecule has 0 bridgehead atoms. The number of halogens is 1. The summed E-state index contributed by atoms with van der Waals surface area (Å²) in [7, 11) is 0. The lowest BCUT2D eigenvalue weighted by atomic mass is 10.1.